The smallest absolute Gasteiger partial charge is 0.316 e. The number of fused-ring (bicyclic) bond motifs is 1. The Hall–Kier alpha value is -3.50. The van der Waals surface area contributed by atoms with E-state index in [0.29, 0.717) is 18.7 Å². The summed E-state index contributed by atoms with van der Waals surface area (Å²) in [6, 6.07) is 20.0. The van der Waals surface area contributed by atoms with Gasteiger partial charge in [0, 0.05) is 12.6 Å². The predicted molar refractivity (Wildman–Crippen MR) is 111 cm³/mol. The lowest BCUT2D eigenvalue weighted by atomic mass is 10.1. The number of hydrogen-bond acceptors (Lipinski definition) is 7. The lowest BCUT2D eigenvalue weighted by Gasteiger charge is -2.09. The Labute approximate surface area is 172 Å². The van der Waals surface area contributed by atoms with Crippen LogP contribution in [0.25, 0.3) is 10.2 Å². The van der Waals surface area contributed by atoms with E-state index in [1.807, 2.05) is 48.5 Å². The molecule has 0 fully saturated rings. The van der Waals surface area contributed by atoms with Gasteiger partial charge in [-0.15, -0.1) is 11.3 Å². The van der Waals surface area contributed by atoms with Crippen LogP contribution in [0.4, 0.5) is 0 Å². The van der Waals surface area contributed by atoms with Crippen LogP contribution in [0.2, 0.25) is 0 Å². The Morgan fingerprint density at radius 2 is 2.00 bits per heavy atom. The van der Waals surface area contributed by atoms with Crippen LogP contribution in [-0.4, -0.2) is 28.7 Å². The molecule has 0 aliphatic heterocycles. The number of benzene rings is 2. The van der Waals surface area contributed by atoms with Gasteiger partial charge in [-0.25, -0.2) is 9.97 Å². The molecule has 0 bridgehead atoms. The molecule has 144 valence electrons. The Morgan fingerprint density at radius 1 is 1.10 bits per heavy atom. The largest absolute Gasteiger partial charge is 0.497 e. The first-order valence-corrected chi connectivity index (χ1v) is 9.92. The molecular formula is C22H18N4O2S. The molecule has 0 saturated carbocycles. The second-order valence-corrected chi connectivity index (χ2v) is 7.36. The maximum absolute atomic E-state index is 9.73. The summed E-state index contributed by atoms with van der Waals surface area (Å²) in [7, 11) is 1.64. The monoisotopic (exact) mass is 402 g/mol. The number of ether oxygens (including phenoxy) is 2. The standard InChI is InChI=1S/C22H18N4O2S/c1-27-16-6-4-5-15(13-16)10-12-28-22-24-11-9-18(26-22)17(14-23)21-25-19-7-2-3-8-20(19)29-21/h2-9,11,13,17H,10,12H2,1H3. The average Bonchev–Trinajstić information content (AvgIpc) is 3.18. The van der Waals surface area contributed by atoms with Gasteiger partial charge in [0.25, 0.3) is 0 Å². The summed E-state index contributed by atoms with van der Waals surface area (Å²) in [5, 5.41) is 10.4. The van der Waals surface area contributed by atoms with Crippen LogP contribution in [0.1, 0.15) is 22.2 Å². The third kappa shape index (κ3) is 4.33. The number of aromatic nitrogens is 3. The third-order valence-corrected chi connectivity index (χ3v) is 5.49. The van der Waals surface area contributed by atoms with Gasteiger partial charge in [0.2, 0.25) is 0 Å². The third-order valence-electron chi connectivity index (χ3n) is 4.39. The minimum atomic E-state index is -0.559. The lowest BCUT2D eigenvalue weighted by Crippen LogP contribution is -2.07. The molecule has 1 unspecified atom stereocenters. The molecule has 2 heterocycles. The second kappa shape index (κ2) is 8.67. The minimum absolute atomic E-state index is 0.256. The van der Waals surface area contributed by atoms with Crippen LogP contribution < -0.4 is 9.47 Å². The van der Waals surface area contributed by atoms with Crippen molar-refractivity contribution >= 4 is 21.6 Å². The Bertz CT molecular complexity index is 1140. The van der Waals surface area contributed by atoms with E-state index in [1.165, 1.54) is 11.3 Å². The van der Waals surface area contributed by atoms with E-state index < -0.39 is 5.92 Å². The normalized spacial score (nSPS) is 11.7. The molecule has 0 radical (unpaired) electrons. The average molecular weight is 402 g/mol. The summed E-state index contributed by atoms with van der Waals surface area (Å²) in [4.78, 5) is 13.2. The maximum Gasteiger partial charge on any atom is 0.316 e. The Balaban J connectivity index is 1.47. The van der Waals surface area contributed by atoms with Gasteiger partial charge >= 0.3 is 6.01 Å². The van der Waals surface area contributed by atoms with Crippen molar-refractivity contribution in [1.82, 2.24) is 15.0 Å². The zero-order chi connectivity index (χ0) is 20.1. The summed E-state index contributed by atoms with van der Waals surface area (Å²) < 4.78 is 12.0. The van der Waals surface area contributed by atoms with Crippen LogP contribution in [0.3, 0.4) is 0 Å². The fraction of sp³-hybridized carbons (Fsp3) is 0.182. The van der Waals surface area contributed by atoms with Crippen LogP contribution >= 0.6 is 11.3 Å². The molecule has 4 aromatic rings. The van der Waals surface area contributed by atoms with Gasteiger partial charge in [0.05, 0.1) is 35.7 Å². The number of thiazole rings is 1. The van der Waals surface area contributed by atoms with Crippen molar-refractivity contribution < 1.29 is 9.47 Å². The molecule has 0 N–H and O–H groups in total. The molecule has 6 nitrogen and oxygen atoms in total. The summed E-state index contributed by atoms with van der Waals surface area (Å²) >= 11 is 1.50. The Kier molecular flexibility index (Phi) is 5.63. The number of methoxy groups -OCH3 is 1. The highest BCUT2D eigenvalue weighted by Crippen LogP contribution is 2.30. The molecule has 0 spiro atoms. The van der Waals surface area contributed by atoms with E-state index in [0.717, 1.165) is 26.5 Å². The molecular weight excluding hydrogens is 384 g/mol. The molecule has 7 heteroatoms. The second-order valence-electron chi connectivity index (χ2n) is 6.30. The van der Waals surface area contributed by atoms with Crippen molar-refractivity contribution in [2.75, 3.05) is 13.7 Å². The fourth-order valence-corrected chi connectivity index (χ4v) is 3.96. The van der Waals surface area contributed by atoms with Crippen molar-refractivity contribution in [2.45, 2.75) is 12.3 Å². The first-order valence-electron chi connectivity index (χ1n) is 9.10. The van der Waals surface area contributed by atoms with E-state index in [9.17, 15) is 5.26 Å². The zero-order valence-corrected chi connectivity index (χ0v) is 16.6. The summed E-state index contributed by atoms with van der Waals surface area (Å²) in [5.74, 6) is 0.254. The predicted octanol–water partition coefficient (Wildman–Crippen LogP) is 4.37. The van der Waals surface area contributed by atoms with E-state index in [2.05, 4.69) is 21.0 Å². The molecule has 29 heavy (non-hydrogen) atoms. The van der Waals surface area contributed by atoms with Gasteiger partial charge in [-0.3, -0.25) is 0 Å². The zero-order valence-electron chi connectivity index (χ0n) is 15.8. The van der Waals surface area contributed by atoms with Crippen LogP contribution in [0.15, 0.2) is 60.8 Å². The highest BCUT2D eigenvalue weighted by molar-refractivity contribution is 7.18. The molecule has 2 aromatic heterocycles. The Morgan fingerprint density at radius 3 is 2.83 bits per heavy atom. The number of nitriles is 1. The van der Waals surface area contributed by atoms with Gasteiger partial charge in [0.15, 0.2) is 0 Å². The van der Waals surface area contributed by atoms with E-state index in [1.54, 1.807) is 19.4 Å². The van der Waals surface area contributed by atoms with Crippen LogP contribution in [0, 0.1) is 11.3 Å². The summed E-state index contributed by atoms with van der Waals surface area (Å²) in [6.45, 7) is 0.426. The fourth-order valence-electron chi connectivity index (χ4n) is 2.93. The molecule has 2 aromatic carbocycles. The number of nitrogens with zero attached hydrogens (tertiary/aromatic N) is 4. The van der Waals surface area contributed by atoms with Gasteiger partial charge < -0.3 is 9.47 Å². The molecule has 0 amide bonds. The highest BCUT2D eigenvalue weighted by Gasteiger charge is 2.20. The minimum Gasteiger partial charge on any atom is -0.497 e. The number of hydrogen-bond donors (Lipinski definition) is 0. The molecule has 1 atom stereocenters. The highest BCUT2D eigenvalue weighted by atomic mass is 32.1. The maximum atomic E-state index is 9.73. The lowest BCUT2D eigenvalue weighted by molar-refractivity contribution is 0.295. The van der Waals surface area contributed by atoms with E-state index >= 15 is 0 Å². The first-order chi connectivity index (χ1) is 14.3. The van der Waals surface area contributed by atoms with Gasteiger partial charge in [-0.1, -0.05) is 24.3 Å². The molecule has 0 aliphatic rings. The van der Waals surface area contributed by atoms with E-state index in [4.69, 9.17) is 9.47 Å². The van der Waals surface area contributed by atoms with Gasteiger partial charge in [-0.2, -0.15) is 10.2 Å². The van der Waals surface area contributed by atoms with Crippen molar-refractivity contribution in [1.29, 1.82) is 5.26 Å². The van der Waals surface area contributed by atoms with Crippen molar-refractivity contribution in [3.05, 3.63) is 77.1 Å². The molecule has 0 aliphatic carbocycles. The van der Waals surface area contributed by atoms with Crippen molar-refractivity contribution in [3.8, 4) is 17.8 Å². The first kappa shape index (κ1) is 18.8. The van der Waals surface area contributed by atoms with Crippen molar-refractivity contribution in [2.24, 2.45) is 0 Å². The van der Waals surface area contributed by atoms with Crippen LogP contribution in [-0.2, 0) is 6.42 Å². The van der Waals surface area contributed by atoms with Gasteiger partial charge in [-0.05, 0) is 35.9 Å². The van der Waals surface area contributed by atoms with E-state index in [-0.39, 0.29) is 6.01 Å². The summed E-state index contributed by atoms with van der Waals surface area (Å²) in [5.41, 5.74) is 2.57. The number of para-hydroxylation sites is 1. The topological polar surface area (TPSA) is 80.9 Å². The molecule has 0 saturated heterocycles. The number of rotatable bonds is 7. The summed E-state index contributed by atoms with van der Waals surface area (Å²) in [6.07, 6.45) is 2.31. The van der Waals surface area contributed by atoms with Gasteiger partial charge in [0.1, 0.15) is 16.7 Å². The SMILES string of the molecule is COc1cccc(CCOc2nccc(C(C#N)c3nc4ccccc4s3)n2)c1. The van der Waals surface area contributed by atoms with Crippen LogP contribution in [0.5, 0.6) is 11.8 Å². The van der Waals surface area contributed by atoms with Crippen molar-refractivity contribution in [3.63, 3.8) is 0 Å². The quantitative estimate of drug-likeness (QED) is 0.457. The molecule has 4 rings (SSSR count).